The summed E-state index contributed by atoms with van der Waals surface area (Å²) in [5.74, 6) is -2.74. The average Bonchev–Trinajstić information content (AvgIpc) is 2.41. The van der Waals surface area contributed by atoms with E-state index in [2.05, 4.69) is 5.32 Å². The quantitative estimate of drug-likeness (QED) is 0.475. The van der Waals surface area contributed by atoms with Crippen molar-refractivity contribution in [2.75, 3.05) is 6.61 Å². The van der Waals surface area contributed by atoms with Crippen LogP contribution in [0.3, 0.4) is 0 Å². The summed E-state index contributed by atoms with van der Waals surface area (Å²) in [6.07, 6.45) is 2.40. The lowest BCUT2D eigenvalue weighted by Gasteiger charge is -2.48. The van der Waals surface area contributed by atoms with E-state index in [1.807, 2.05) is 62.3 Å². The van der Waals surface area contributed by atoms with Crippen molar-refractivity contribution >= 4 is 11.9 Å². The van der Waals surface area contributed by atoms with Crippen LogP contribution in [-0.2, 0) is 14.3 Å². The van der Waals surface area contributed by atoms with Crippen LogP contribution in [-0.4, -0.2) is 23.6 Å². The number of carbonyl (C=O) groups is 2. The van der Waals surface area contributed by atoms with E-state index in [0.717, 1.165) is 6.42 Å². The molecular weight excluding hydrogens is 330 g/mol. The summed E-state index contributed by atoms with van der Waals surface area (Å²) >= 11 is 0. The van der Waals surface area contributed by atoms with Crippen molar-refractivity contribution in [3.05, 3.63) is 12.0 Å². The minimum atomic E-state index is -0.941. The van der Waals surface area contributed by atoms with Crippen molar-refractivity contribution in [1.82, 2.24) is 5.32 Å². The van der Waals surface area contributed by atoms with E-state index >= 15 is 0 Å². The van der Waals surface area contributed by atoms with Gasteiger partial charge in [-0.2, -0.15) is 0 Å². The Morgan fingerprint density at radius 1 is 1.04 bits per heavy atom. The zero-order valence-electron chi connectivity index (χ0n) is 18.3. The number of amides is 1. The number of nitrogens with one attached hydrogen (secondary N) is 1. The van der Waals surface area contributed by atoms with Gasteiger partial charge in [-0.1, -0.05) is 62.3 Å². The molecule has 26 heavy (non-hydrogen) atoms. The van der Waals surface area contributed by atoms with E-state index in [1.54, 1.807) is 6.92 Å². The molecule has 2 unspecified atom stereocenters. The van der Waals surface area contributed by atoms with Crippen LogP contribution in [0.25, 0.3) is 0 Å². The third kappa shape index (κ3) is 6.33. The molecule has 0 saturated carbocycles. The van der Waals surface area contributed by atoms with Crippen molar-refractivity contribution < 1.29 is 19.4 Å². The molecule has 0 saturated heterocycles. The number of hydrogen-bond acceptors (Lipinski definition) is 3. The highest BCUT2D eigenvalue weighted by atomic mass is 16.5. The molecule has 0 aliphatic carbocycles. The normalized spacial score (nSPS) is 16.0. The first-order valence-electron chi connectivity index (χ1n) is 9.39. The molecule has 0 rings (SSSR count). The lowest BCUT2D eigenvalue weighted by atomic mass is 9.55. The molecule has 2 atom stereocenters. The number of rotatable bonds is 8. The van der Waals surface area contributed by atoms with Gasteiger partial charge in [-0.15, -0.1) is 0 Å². The molecule has 0 aromatic carbocycles. The summed E-state index contributed by atoms with van der Waals surface area (Å²) in [6, 6.07) is 0. The van der Waals surface area contributed by atoms with E-state index in [4.69, 9.17) is 4.74 Å². The molecule has 5 nitrogen and oxygen atoms in total. The Bertz CT molecular complexity index is 521. The standard InChI is InChI=1S/C21H39NO4/c1-11-12-26-13-14(2)22-17(23)15(19(3,4)5)16(18(24)25)21(9,10)20(6,7)8/h13,15-16H,11-12H2,1-10H3,(H,22,23)(H,24,25)/b14-13+. The zero-order chi connectivity index (χ0) is 20.9. The van der Waals surface area contributed by atoms with Crippen LogP contribution in [0.5, 0.6) is 0 Å². The van der Waals surface area contributed by atoms with Gasteiger partial charge in [-0.05, 0) is 29.6 Å². The topological polar surface area (TPSA) is 75.6 Å². The van der Waals surface area contributed by atoms with Gasteiger partial charge in [0.25, 0.3) is 0 Å². The van der Waals surface area contributed by atoms with Crippen LogP contribution in [0, 0.1) is 28.1 Å². The van der Waals surface area contributed by atoms with Gasteiger partial charge in [0.05, 0.1) is 18.4 Å². The van der Waals surface area contributed by atoms with Gasteiger partial charge < -0.3 is 15.2 Å². The Balaban J connectivity index is 5.89. The second-order valence-electron chi connectivity index (χ2n) is 9.79. The molecule has 152 valence electrons. The van der Waals surface area contributed by atoms with Gasteiger partial charge in [0.2, 0.25) is 5.91 Å². The Labute approximate surface area is 159 Å². The molecule has 0 aromatic rings. The summed E-state index contributed by atoms with van der Waals surface area (Å²) < 4.78 is 5.35. The predicted molar refractivity (Wildman–Crippen MR) is 105 cm³/mol. The summed E-state index contributed by atoms with van der Waals surface area (Å²) in [4.78, 5) is 25.3. The fourth-order valence-electron chi connectivity index (χ4n) is 2.98. The summed E-state index contributed by atoms with van der Waals surface area (Å²) in [5.41, 5.74) is -0.810. The molecule has 0 radical (unpaired) electrons. The zero-order valence-corrected chi connectivity index (χ0v) is 18.3. The molecule has 0 bridgehead atoms. The van der Waals surface area contributed by atoms with Gasteiger partial charge in [0, 0.05) is 5.70 Å². The van der Waals surface area contributed by atoms with Crippen LogP contribution >= 0.6 is 0 Å². The smallest absolute Gasteiger partial charge is 0.307 e. The predicted octanol–water partition coefficient (Wildman–Crippen LogP) is 4.83. The maximum Gasteiger partial charge on any atom is 0.307 e. The van der Waals surface area contributed by atoms with E-state index in [9.17, 15) is 14.7 Å². The van der Waals surface area contributed by atoms with Crippen molar-refractivity contribution in [3.8, 4) is 0 Å². The lowest BCUT2D eigenvalue weighted by molar-refractivity contribution is -0.161. The first-order chi connectivity index (χ1) is 11.6. The van der Waals surface area contributed by atoms with Crippen molar-refractivity contribution in [1.29, 1.82) is 0 Å². The molecular formula is C21H39NO4. The van der Waals surface area contributed by atoms with Gasteiger partial charge in [-0.3, -0.25) is 9.59 Å². The van der Waals surface area contributed by atoms with Gasteiger partial charge in [0.15, 0.2) is 0 Å². The van der Waals surface area contributed by atoms with Crippen molar-refractivity contribution in [2.45, 2.75) is 75.7 Å². The maximum absolute atomic E-state index is 13.1. The largest absolute Gasteiger partial charge is 0.499 e. The average molecular weight is 370 g/mol. The molecule has 0 aromatic heterocycles. The number of hydrogen-bond donors (Lipinski definition) is 2. The third-order valence-corrected chi connectivity index (χ3v) is 5.43. The highest BCUT2D eigenvalue weighted by Crippen LogP contribution is 2.50. The first kappa shape index (κ1) is 24.5. The summed E-state index contributed by atoms with van der Waals surface area (Å²) in [6.45, 7) is 20.0. The number of carboxylic acids is 1. The Kier molecular flexibility index (Phi) is 8.39. The second-order valence-corrected chi connectivity index (χ2v) is 9.79. The number of allylic oxidation sites excluding steroid dienone is 1. The van der Waals surface area contributed by atoms with Crippen LogP contribution < -0.4 is 5.32 Å². The van der Waals surface area contributed by atoms with Crippen molar-refractivity contribution in [3.63, 3.8) is 0 Å². The van der Waals surface area contributed by atoms with Gasteiger partial charge in [0.1, 0.15) is 6.26 Å². The first-order valence-corrected chi connectivity index (χ1v) is 9.39. The molecule has 2 N–H and O–H groups in total. The second kappa shape index (κ2) is 8.92. The number of carboxylic acid groups (broad SMARTS) is 1. The monoisotopic (exact) mass is 369 g/mol. The molecule has 0 spiro atoms. The van der Waals surface area contributed by atoms with E-state index in [1.165, 1.54) is 6.26 Å². The lowest BCUT2D eigenvalue weighted by Crippen LogP contribution is -2.53. The summed E-state index contributed by atoms with van der Waals surface area (Å²) in [7, 11) is 0. The number of carbonyl (C=O) groups excluding carboxylic acids is 1. The van der Waals surface area contributed by atoms with Crippen LogP contribution in [0.4, 0.5) is 0 Å². The van der Waals surface area contributed by atoms with Crippen molar-refractivity contribution in [2.24, 2.45) is 28.1 Å². The fourth-order valence-corrected chi connectivity index (χ4v) is 2.98. The molecule has 5 heteroatoms. The summed E-state index contributed by atoms with van der Waals surface area (Å²) in [5, 5.41) is 12.9. The van der Waals surface area contributed by atoms with Gasteiger partial charge in [-0.25, -0.2) is 0 Å². The van der Waals surface area contributed by atoms with Crippen LogP contribution in [0.1, 0.15) is 75.7 Å². The Morgan fingerprint density at radius 2 is 1.54 bits per heavy atom. The van der Waals surface area contributed by atoms with Gasteiger partial charge >= 0.3 is 5.97 Å². The molecule has 0 heterocycles. The van der Waals surface area contributed by atoms with E-state index in [0.29, 0.717) is 12.3 Å². The molecule has 1 amide bonds. The third-order valence-electron chi connectivity index (χ3n) is 5.43. The van der Waals surface area contributed by atoms with Crippen LogP contribution in [0.15, 0.2) is 12.0 Å². The van der Waals surface area contributed by atoms with Crippen LogP contribution in [0.2, 0.25) is 0 Å². The molecule has 0 aliphatic heterocycles. The molecule has 0 fully saturated rings. The number of aliphatic carboxylic acids is 1. The SMILES string of the molecule is CCCO/C=C(\C)NC(=O)C(C(C(=O)O)C(C)(C)C(C)(C)C)C(C)(C)C. The number of ether oxygens (including phenoxy) is 1. The van der Waals surface area contributed by atoms with E-state index in [-0.39, 0.29) is 11.3 Å². The fraction of sp³-hybridized carbons (Fsp3) is 0.810. The maximum atomic E-state index is 13.1. The Hall–Kier alpha value is -1.52. The van der Waals surface area contributed by atoms with E-state index < -0.39 is 28.6 Å². The highest BCUT2D eigenvalue weighted by Gasteiger charge is 2.53. The minimum absolute atomic E-state index is 0.281. The Morgan fingerprint density at radius 3 is 1.88 bits per heavy atom. The molecule has 0 aliphatic rings. The minimum Gasteiger partial charge on any atom is -0.499 e. The highest BCUT2D eigenvalue weighted by molar-refractivity contribution is 5.86.